The number of hydrogen-bond donors (Lipinski definition) is 0. The van der Waals surface area contributed by atoms with Gasteiger partial charge < -0.3 is 23.7 Å². The largest absolute Gasteiger partial charge is 0.479 e. The quantitative estimate of drug-likeness (QED) is 0.385. The van der Waals surface area contributed by atoms with Gasteiger partial charge >= 0.3 is 23.9 Å². The fourth-order valence-electron chi connectivity index (χ4n) is 3.15. The van der Waals surface area contributed by atoms with E-state index in [1.807, 2.05) is 0 Å². The van der Waals surface area contributed by atoms with Crippen LogP contribution >= 0.6 is 0 Å². The van der Waals surface area contributed by atoms with Crippen LogP contribution in [0.5, 0.6) is 0 Å². The van der Waals surface area contributed by atoms with Crippen LogP contribution in [0.25, 0.3) is 0 Å². The minimum absolute atomic E-state index is 0.169. The summed E-state index contributed by atoms with van der Waals surface area (Å²) in [5.41, 5.74) is 0. The molecule has 1 aliphatic rings. The molecule has 31 heavy (non-hydrogen) atoms. The second-order valence-corrected chi connectivity index (χ2v) is 6.77. The molecular weight excluding hydrogens is 416 g/mol. The Morgan fingerprint density at radius 3 is 2.32 bits per heavy atom. The van der Waals surface area contributed by atoms with Crippen molar-refractivity contribution in [1.82, 2.24) is 20.2 Å². The lowest BCUT2D eigenvalue weighted by molar-refractivity contribution is -0.190. The Balaban J connectivity index is 2.47. The van der Waals surface area contributed by atoms with E-state index in [1.165, 1.54) is 31.1 Å². The van der Waals surface area contributed by atoms with Gasteiger partial charge in [-0.15, -0.1) is 5.10 Å². The van der Waals surface area contributed by atoms with Crippen LogP contribution in [0.2, 0.25) is 0 Å². The minimum Gasteiger partial charge on any atom is -0.479 e. The number of carbonyl (C=O) groups excluding carboxylic acids is 4. The Kier molecular flexibility index (Phi) is 8.05. The zero-order valence-electron chi connectivity index (χ0n) is 17.7. The molecule has 0 N–H and O–H groups in total. The number of nitrogens with zero attached hydrogens (tertiary/aromatic N) is 4. The Morgan fingerprint density at radius 1 is 1.13 bits per heavy atom. The first-order valence-corrected chi connectivity index (χ1v) is 9.31. The normalized spacial score (nSPS) is 22.2. The molecule has 1 aromatic rings. The molecule has 0 bridgehead atoms. The molecule has 0 unspecified atom stereocenters. The van der Waals surface area contributed by atoms with Crippen LogP contribution in [0.1, 0.15) is 33.7 Å². The van der Waals surface area contributed by atoms with Gasteiger partial charge in [0, 0.05) is 26.7 Å². The molecule has 2 heterocycles. The lowest BCUT2D eigenvalue weighted by atomic mass is 9.87. The summed E-state index contributed by atoms with van der Waals surface area (Å²) in [7, 11) is 1.18. The fourth-order valence-corrected chi connectivity index (χ4v) is 3.15. The molecule has 0 aliphatic carbocycles. The van der Waals surface area contributed by atoms with Gasteiger partial charge in [-0.2, -0.15) is 0 Å². The molecule has 1 aromatic heterocycles. The maximum atomic E-state index is 12.2. The zero-order chi connectivity index (χ0) is 23.1. The third-order valence-electron chi connectivity index (χ3n) is 4.46. The fraction of sp³-hybridized carbons (Fsp3) is 0.611. The summed E-state index contributed by atoms with van der Waals surface area (Å²) < 4.78 is 27.6. The highest BCUT2D eigenvalue weighted by atomic mass is 16.6. The third-order valence-corrected chi connectivity index (χ3v) is 4.46. The molecule has 13 heteroatoms. The number of esters is 4. The summed E-state index contributed by atoms with van der Waals surface area (Å²) in [6.45, 7) is 4.84. The van der Waals surface area contributed by atoms with Crippen molar-refractivity contribution in [3.63, 3.8) is 0 Å². The first kappa shape index (κ1) is 23.8. The number of tetrazole rings is 1. The molecule has 0 aromatic carbocycles. The number of ether oxygens (including phenoxy) is 5. The van der Waals surface area contributed by atoms with Crippen LogP contribution in [0.3, 0.4) is 0 Å². The Hall–Kier alpha value is -3.51. The van der Waals surface area contributed by atoms with Crippen LogP contribution in [-0.2, 0) is 42.9 Å². The second-order valence-electron chi connectivity index (χ2n) is 6.77. The van der Waals surface area contributed by atoms with Crippen molar-refractivity contribution in [1.29, 1.82) is 0 Å². The second kappa shape index (κ2) is 10.5. The third kappa shape index (κ3) is 6.23. The monoisotopic (exact) mass is 440 g/mol. The summed E-state index contributed by atoms with van der Waals surface area (Å²) in [4.78, 5) is 47.0. The standard InChI is InChI=1S/C18H24N4O9/c1-9-13(22-8-19-20-21-22)6-14(18(26)27-5)31-16(9)17(30-12(4)25)15(29-11(3)24)7-28-10(2)23/h6,8-9,13,15-17H,7H2,1-5H3/t9-,13+,15-,16-,17-/m1/s1. The van der Waals surface area contributed by atoms with E-state index in [4.69, 9.17) is 23.7 Å². The SMILES string of the molecule is COC(=O)C1=C[C@H](n2cnnn2)[C@@H](C)[C@H]([C@H](OC(C)=O)[C@@H](COC(C)=O)OC(C)=O)O1. The van der Waals surface area contributed by atoms with Crippen molar-refractivity contribution in [2.24, 2.45) is 5.92 Å². The maximum absolute atomic E-state index is 12.2. The van der Waals surface area contributed by atoms with Gasteiger partial charge in [0.2, 0.25) is 5.76 Å². The summed E-state index contributed by atoms with van der Waals surface area (Å²) in [6.07, 6.45) is -0.635. The molecule has 1 aliphatic heterocycles. The Morgan fingerprint density at radius 2 is 1.81 bits per heavy atom. The number of aromatic nitrogens is 4. The van der Waals surface area contributed by atoms with Crippen molar-refractivity contribution < 1.29 is 42.9 Å². The molecule has 13 nitrogen and oxygen atoms in total. The Bertz CT molecular complexity index is 839. The van der Waals surface area contributed by atoms with Gasteiger partial charge in [0.25, 0.3) is 0 Å². The highest BCUT2D eigenvalue weighted by Gasteiger charge is 2.46. The van der Waals surface area contributed by atoms with Gasteiger partial charge in [0.05, 0.1) is 13.2 Å². The van der Waals surface area contributed by atoms with Gasteiger partial charge in [-0.3, -0.25) is 14.4 Å². The van der Waals surface area contributed by atoms with E-state index in [0.717, 1.165) is 13.8 Å². The van der Waals surface area contributed by atoms with E-state index in [9.17, 15) is 19.2 Å². The van der Waals surface area contributed by atoms with Crippen molar-refractivity contribution in [2.75, 3.05) is 13.7 Å². The van der Waals surface area contributed by atoms with Crippen molar-refractivity contribution in [3.05, 3.63) is 18.2 Å². The number of methoxy groups -OCH3 is 1. The van der Waals surface area contributed by atoms with Crippen molar-refractivity contribution >= 4 is 23.9 Å². The average molecular weight is 440 g/mol. The summed E-state index contributed by atoms with van der Waals surface area (Å²) in [6, 6.07) is -0.590. The van der Waals surface area contributed by atoms with Crippen molar-refractivity contribution in [2.45, 2.75) is 52.0 Å². The van der Waals surface area contributed by atoms with Gasteiger partial charge in [0.1, 0.15) is 19.0 Å². The van der Waals surface area contributed by atoms with E-state index in [2.05, 4.69) is 15.5 Å². The molecule has 0 saturated heterocycles. The van der Waals surface area contributed by atoms with Crippen LogP contribution < -0.4 is 0 Å². The number of allylic oxidation sites excluding steroid dienone is 1. The molecule has 0 amide bonds. The van der Waals surface area contributed by atoms with Gasteiger partial charge in [-0.25, -0.2) is 9.48 Å². The highest BCUT2D eigenvalue weighted by molar-refractivity contribution is 5.86. The van der Waals surface area contributed by atoms with Gasteiger partial charge in [-0.1, -0.05) is 6.92 Å². The lowest BCUT2D eigenvalue weighted by Crippen LogP contribution is -2.52. The molecule has 0 fully saturated rings. The van der Waals surface area contributed by atoms with Crippen molar-refractivity contribution in [3.8, 4) is 0 Å². The van der Waals surface area contributed by atoms with Crippen LogP contribution in [0.15, 0.2) is 18.2 Å². The van der Waals surface area contributed by atoms with Gasteiger partial charge in [-0.05, 0) is 16.5 Å². The number of hydrogen-bond acceptors (Lipinski definition) is 12. The van der Waals surface area contributed by atoms with E-state index in [0.29, 0.717) is 0 Å². The van der Waals surface area contributed by atoms with E-state index in [-0.39, 0.29) is 5.76 Å². The molecule has 0 spiro atoms. The van der Waals surface area contributed by atoms with Crippen LogP contribution in [0, 0.1) is 5.92 Å². The summed E-state index contributed by atoms with van der Waals surface area (Å²) in [5, 5.41) is 11.1. The van der Waals surface area contributed by atoms with Crippen LogP contribution in [0.4, 0.5) is 0 Å². The average Bonchev–Trinajstić information content (AvgIpc) is 3.23. The van der Waals surface area contributed by atoms with Crippen LogP contribution in [-0.4, -0.2) is 76.1 Å². The molecule has 5 atom stereocenters. The molecular formula is C18H24N4O9. The molecule has 0 radical (unpaired) electrons. The molecule has 170 valence electrons. The number of carbonyl (C=O) groups is 4. The molecule has 2 rings (SSSR count). The van der Waals surface area contributed by atoms with E-state index in [1.54, 1.807) is 6.92 Å². The van der Waals surface area contributed by atoms with Gasteiger partial charge in [0.15, 0.2) is 12.2 Å². The maximum Gasteiger partial charge on any atom is 0.373 e. The number of rotatable bonds is 8. The summed E-state index contributed by atoms with van der Waals surface area (Å²) in [5.74, 6) is -3.46. The Labute approximate surface area is 177 Å². The zero-order valence-corrected chi connectivity index (χ0v) is 17.7. The lowest BCUT2D eigenvalue weighted by Gasteiger charge is -2.40. The minimum atomic E-state index is -1.23. The predicted octanol–water partition coefficient (Wildman–Crippen LogP) is -0.267. The predicted molar refractivity (Wildman–Crippen MR) is 98.7 cm³/mol. The highest BCUT2D eigenvalue weighted by Crippen LogP contribution is 2.35. The first-order valence-electron chi connectivity index (χ1n) is 9.31. The smallest absolute Gasteiger partial charge is 0.373 e. The van der Waals surface area contributed by atoms with E-state index >= 15 is 0 Å². The first-order chi connectivity index (χ1) is 14.6. The summed E-state index contributed by atoms with van der Waals surface area (Å²) >= 11 is 0. The van der Waals surface area contributed by atoms with E-state index < -0.39 is 60.8 Å². The molecule has 0 saturated carbocycles. The topological polar surface area (TPSA) is 158 Å².